The number of carbonyl (C=O) groups is 1. The van der Waals surface area contributed by atoms with Gasteiger partial charge in [0.25, 0.3) is 0 Å². The van der Waals surface area contributed by atoms with Crippen LogP contribution in [0.3, 0.4) is 0 Å². The highest BCUT2D eigenvalue weighted by molar-refractivity contribution is 5.76. The van der Waals surface area contributed by atoms with E-state index < -0.39 is 0 Å². The second-order valence-corrected chi connectivity index (χ2v) is 8.75. The average molecular weight is 426 g/mol. The van der Waals surface area contributed by atoms with Crippen molar-refractivity contribution in [3.63, 3.8) is 0 Å². The molecule has 3 heterocycles. The second-order valence-electron chi connectivity index (χ2n) is 8.75. The van der Waals surface area contributed by atoms with Gasteiger partial charge in [-0.3, -0.25) is 4.79 Å². The van der Waals surface area contributed by atoms with E-state index in [1.54, 1.807) is 12.1 Å². The summed E-state index contributed by atoms with van der Waals surface area (Å²) in [5.74, 6) is 1.95. The van der Waals surface area contributed by atoms with Gasteiger partial charge in [-0.2, -0.15) is 0 Å². The maximum Gasteiger partial charge on any atom is 0.222 e. The van der Waals surface area contributed by atoms with E-state index in [-0.39, 0.29) is 17.6 Å². The number of aromatic nitrogens is 2. The van der Waals surface area contributed by atoms with Crippen LogP contribution in [0.15, 0.2) is 24.3 Å². The van der Waals surface area contributed by atoms with Gasteiger partial charge in [0, 0.05) is 51.1 Å². The van der Waals surface area contributed by atoms with E-state index in [2.05, 4.69) is 17.3 Å². The van der Waals surface area contributed by atoms with Crippen LogP contribution in [-0.4, -0.2) is 59.4 Å². The molecule has 1 saturated heterocycles. The number of anilines is 1. The highest BCUT2D eigenvalue weighted by Gasteiger charge is 2.28. The molecule has 7 heteroatoms. The summed E-state index contributed by atoms with van der Waals surface area (Å²) in [6.07, 6.45) is 5.03. The summed E-state index contributed by atoms with van der Waals surface area (Å²) in [5.41, 5.74) is 3.41. The highest BCUT2D eigenvalue weighted by Crippen LogP contribution is 2.29. The van der Waals surface area contributed by atoms with Crippen molar-refractivity contribution in [2.24, 2.45) is 0 Å². The molecule has 1 atom stereocenters. The van der Waals surface area contributed by atoms with E-state index in [1.807, 2.05) is 11.9 Å². The molecule has 2 aliphatic rings. The zero-order valence-electron chi connectivity index (χ0n) is 18.5. The maximum atomic E-state index is 13.0. The smallest absolute Gasteiger partial charge is 0.222 e. The third kappa shape index (κ3) is 5.21. The van der Waals surface area contributed by atoms with Gasteiger partial charge in [-0.05, 0) is 56.8 Å². The minimum atomic E-state index is -0.225. The Hall–Kier alpha value is -2.54. The summed E-state index contributed by atoms with van der Waals surface area (Å²) in [7, 11) is 4.04. The number of rotatable bonds is 6. The molecule has 0 spiro atoms. The van der Waals surface area contributed by atoms with E-state index in [0.29, 0.717) is 13.0 Å². The molecule has 0 bridgehead atoms. The predicted octanol–water partition coefficient (Wildman–Crippen LogP) is 3.37. The Morgan fingerprint density at radius 2 is 2.03 bits per heavy atom. The van der Waals surface area contributed by atoms with Gasteiger partial charge in [-0.25, -0.2) is 14.4 Å². The molecule has 1 fully saturated rings. The van der Waals surface area contributed by atoms with Crippen molar-refractivity contribution < 1.29 is 9.18 Å². The van der Waals surface area contributed by atoms with Crippen LogP contribution in [0.2, 0.25) is 0 Å². The van der Waals surface area contributed by atoms with Crippen molar-refractivity contribution in [1.29, 1.82) is 0 Å². The number of hydrogen-bond donors (Lipinski definition) is 1. The molecule has 0 radical (unpaired) electrons. The Morgan fingerprint density at radius 3 is 2.81 bits per heavy atom. The van der Waals surface area contributed by atoms with Crippen molar-refractivity contribution in [3.05, 3.63) is 52.7 Å². The Bertz CT molecular complexity index is 917. The standard InChI is InChI=1S/C24H32FN5O/c1-26-24-20-12-14-29(2)16-21(20)27-23(28-24)18-6-4-13-30(15-18)22(31)7-3-5-17-8-10-19(25)11-9-17/h8-11,18H,3-7,12-16H2,1-2H3,(H,26,27,28)/t18-/m1/s1. The number of aryl methyl sites for hydroxylation is 1. The van der Waals surface area contributed by atoms with Crippen LogP contribution >= 0.6 is 0 Å². The average Bonchev–Trinajstić information content (AvgIpc) is 2.79. The van der Waals surface area contributed by atoms with Crippen molar-refractivity contribution in [3.8, 4) is 0 Å². The molecule has 1 N–H and O–H groups in total. The summed E-state index contributed by atoms with van der Waals surface area (Å²) < 4.78 is 13.0. The normalized spacial score (nSPS) is 19.2. The number of fused-ring (bicyclic) bond motifs is 1. The van der Waals surface area contributed by atoms with Crippen molar-refractivity contribution in [2.75, 3.05) is 39.0 Å². The number of nitrogens with zero attached hydrogens (tertiary/aromatic N) is 4. The molecular weight excluding hydrogens is 393 g/mol. The van der Waals surface area contributed by atoms with Crippen molar-refractivity contribution in [2.45, 2.75) is 51.0 Å². The van der Waals surface area contributed by atoms with Gasteiger partial charge < -0.3 is 15.1 Å². The van der Waals surface area contributed by atoms with Crippen LogP contribution in [0, 0.1) is 5.82 Å². The fraction of sp³-hybridized carbons (Fsp3) is 0.542. The first-order valence-electron chi connectivity index (χ1n) is 11.3. The first-order chi connectivity index (χ1) is 15.0. The largest absolute Gasteiger partial charge is 0.373 e. The number of piperidine rings is 1. The van der Waals surface area contributed by atoms with Gasteiger partial charge >= 0.3 is 0 Å². The summed E-state index contributed by atoms with van der Waals surface area (Å²) in [6, 6.07) is 6.53. The lowest BCUT2D eigenvalue weighted by Gasteiger charge is -2.33. The Morgan fingerprint density at radius 1 is 1.23 bits per heavy atom. The monoisotopic (exact) mass is 425 g/mol. The topological polar surface area (TPSA) is 61.4 Å². The molecule has 0 unspecified atom stereocenters. The van der Waals surface area contributed by atoms with E-state index in [0.717, 1.165) is 74.6 Å². The van der Waals surface area contributed by atoms with Crippen LogP contribution in [0.1, 0.15) is 54.2 Å². The number of benzene rings is 1. The van der Waals surface area contributed by atoms with E-state index in [1.165, 1.54) is 17.7 Å². The number of nitrogens with one attached hydrogen (secondary N) is 1. The number of carbonyl (C=O) groups excluding carboxylic acids is 1. The third-order valence-electron chi connectivity index (χ3n) is 6.42. The molecule has 1 amide bonds. The van der Waals surface area contributed by atoms with Gasteiger partial charge in [-0.1, -0.05) is 12.1 Å². The lowest BCUT2D eigenvalue weighted by Crippen LogP contribution is -2.39. The fourth-order valence-corrected chi connectivity index (χ4v) is 4.64. The Labute approximate surface area is 183 Å². The van der Waals surface area contributed by atoms with Gasteiger partial charge in [-0.15, -0.1) is 0 Å². The summed E-state index contributed by atoms with van der Waals surface area (Å²) >= 11 is 0. The van der Waals surface area contributed by atoms with Gasteiger partial charge in [0.15, 0.2) is 0 Å². The number of likely N-dealkylation sites (N-methyl/N-ethyl adjacent to an activating group) is 1. The molecule has 166 valence electrons. The van der Waals surface area contributed by atoms with E-state index in [9.17, 15) is 9.18 Å². The molecule has 0 saturated carbocycles. The van der Waals surface area contributed by atoms with E-state index >= 15 is 0 Å². The lowest BCUT2D eigenvalue weighted by atomic mass is 9.95. The predicted molar refractivity (Wildman–Crippen MR) is 120 cm³/mol. The Kier molecular flexibility index (Phi) is 6.80. The lowest BCUT2D eigenvalue weighted by molar-refractivity contribution is -0.132. The first-order valence-corrected chi connectivity index (χ1v) is 11.3. The summed E-state index contributed by atoms with van der Waals surface area (Å²) in [6.45, 7) is 3.36. The van der Waals surface area contributed by atoms with Crippen LogP contribution in [0.25, 0.3) is 0 Å². The number of halogens is 1. The van der Waals surface area contributed by atoms with Gasteiger partial charge in [0.05, 0.1) is 5.69 Å². The molecule has 6 nitrogen and oxygen atoms in total. The SMILES string of the molecule is CNc1nc([C@@H]2CCCN(C(=O)CCCc3ccc(F)cc3)C2)nc2c1CCN(C)C2. The van der Waals surface area contributed by atoms with Gasteiger partial charge in [0.1, 0.15) is 17.5 Å². The van der Waals surface area contributed by atoms with Gasteiger partial charge in [0.2, 0.25) is 5.91 Å². The zero-order chi connectivity index (χ0) is 21.8. The number of likely N-dealkylation sites (tertiary alicyclic amines) is 1. The second kappa shape index (κ2) is 9.73. The third-order valence-corrected chi connectivity index (χ3v) is 6.42. The molecule has 0 aliphatic carbocycles. The molecular formula is C24H32FN5O. The zero-order valence-corrected chi connectivity index (χ0v) is 18.5. The number of amides is 1. The van der Waals surface area contributed by atoms with Crippen LogP contribution in [0.4, 0.5) is 10.2 Å². The molecule has 4 rings (SSSR count). The van der Waals surface area contributed by atoms with Crippen molar-refractivity contribution >= 4 is 11.7 Å². The molecule has 1 aromatic carbocycles. The van der Waals surface area contributed by atoms with Crippen LogP contribution in [0.5, 0.6) is 0 Å². The summed E-state index contributed by atoms with van der Waals surface area (Å²) in [5, 5.41) is 3.26. The van der Waals surface area contributed by atoms with Crippen molar-refractivity contribution in [1.82, 2.24) is 19.8 Å². The summed E-state index contributed by atoms with van der Waals surface area (Å²) in [4.78, 5) is 26.9. The van der Waals surface area contributed by atoms with Crippen LogP contribution < -0.4 is 5.32 Å². The minimum Gasteiger partial charge on any atom is -0.373 e. The van der Waals surface area contributed by atoms with E-state index in [4.69, 9.17) is 9.97 Å². The quantitative estimate of drug-likeness (QED) is 0.769. The first kappa shape index (κ1) is 21.7. The maximum absolute atomic E-state index is 13.0. The molecule has 2 aromatic rings. The molecule has 31 heavy (non-hydrogen) atoms. The highest BCUT2D eigenvalue weighted by atomic mass is 19.1. The fourth-order valence-electron chi connectivity index (χ4n) is 4.64. The Balaban J connectivity index is 1.38. The molecule has 1 aromatic heterocycles. The van der Waals surface area contributed by atoms with Crippen LogP contribution in [-0.2, 0) is 24.2 Å². The minimum absolute atomic E-state index is 0.180. The molecule has 2 aliphatic heterocycles. The number of hydrogen-bond acceptors (Lipinski definition) is 5.